The van der Waals surface area contributed by atoms with E-state index in [0.29, 0.717) is 19.1 Å². The molecule has 0 aromatic carbocycles. The second kappa shape index (κ2) is 7.68. The molecule has 0 aliphatic carbocycles. The van der Waals surface area contributed by atoms with E-state index in [1.807, 2.05) is 22.4 Å². The van der Waals surface area contributed by atoms with Gasteiger partial charge in [0.25, 0.3) is 0 Å². The minimum Gasteiger partial charge on any atom is -0.444 e. The molecule has 2 fully saturated rings. The Morgan fingerprint density at radius 3 is 3.00 bits per heavy atom. The van der Waals surface area contributed by atoms with Crippen LogP contribution in [0, 0.1) is 5.92 Å². The maximum atomic E-state index is 12.7. The Labute approximate surface area is 151 Å². The van der Waals surface area contributed by atoms with Crippen molar-refractivity contribution in [2.75, 3.05) is 39.4 Å². The number of piperidine rings is 1. The Kier molecular flexibility index (Phi) is 5.14. The van der Waals surface area contributed by atoms with Crippen LogP contribution in [0.4, 0.5) is 0 Å². The van der Waals surface area contributed by atoms with Crippen LogP contribution in [-0.2, 0) is 16.1 Å². The van der Waals surface area contributed by atoms with Crippen LogP contribution in [0.5, 0.6) is 0 Å². The second-order valence-electron chi connectivity index (χ2n) is 6.63. The van der Waals surface area contributed by atoms with Gasteiger partial charge in [-0.25, -0.2) is 4.98 Å². The molecule has 4 rings (SSSR count). The van der Waals surface area contributed by atoms with E-state index in [2.05, 4.69) is 9.88 Å². The molecular formula is C18H23N3O3S. The average Bonchev–Trinajstić information content (AvgIpc) is 3.34. The molecule has 1 atom stereocenters. The molecule has 2 aliphatic rings. The van der Waals surface area contributed by atoms with Gasteiger partial charge in [0.1, 0.15) is 6.26 Å². The summed E-state index contributed by atoms with van der Waals surface area (Å²) in [4.78, 5) is 22.6. The smallest absolute Gasteiger partial charge is 0.236 e. The van der Waals surface area contributed by atoms with Gasteiger partial charge in [0.05, 0.1) is 29.7 Å². The van der Waals surface area contributed by atoms with E-state index in [9.17, 15) is 4.79 Å². The van der Waals surface area contributed by atoms with Crippen molar-refractivity contribution in [1.29, 1.82) is 0 Å². The van der Waals surface area contributed by atoms with E-state index in [-0.39, 0.29) is 11.8 Å². The molecule has 7 heteroatoms. The molecule has 6 nitrogen and oxygen atoms in total. The zero-order valence-corrected chi connectivity index (χ0v) is 15.0. The van der Waals surface area contributed by atoms with Gasteiger partial charge in [-0.05, 0) is 30.8 Å². The summed E-state index contributed by atoms with van der Waals surface area (Å²) in [5, 5.41) is 2.02. The molecule has 25 heavy (non-hydrogen) atoms. The number of carbonyl (C=O) groups excluding carboxylic acids is 1. The molecule has 0 spiro atoms. The van der Waals surface area contributed by atoms with Crippen LogP contribution in [0.3, 0.4) is 0 Å². The first-order valence-corrected chi connectivity index (χ1v) is 9.75. The third kappa shape index (κ3) is 3.94. The van der Waals surface area contributed by atoms with Gasteiger partial charge in [0.2, 0.25) is 11.8 Å². The van der Waals surface area contributed by atoms with Crippen molar-refractivity contribution in [3.63, 3.8) is 0 Å². The number of amides is 1. The average molecular weight is 361 g/mol. The number of morpholine rings is 1. The highest BCUT2D eigenvalue weighted by molar-refractivity contribution is 7.13. The summed E-state index contributed by atoms with van der Waals surface area (Å²) in [6.45, 7) is 5.32. The number of rotatable bonds is 4. The lowest BCUT2D eigenvalue weighted by Gasteiger charge is -2.35. The van der Waals surface area contributed by atoms with E-state index in [4.69, 9.17) is 9.15 Å². The largest absolute Gasteiger partial charge is 0.444 e. The summed E-state index contributed by atoms with van der Waals surface area (Å²) in [7, 11) is 0. The molecule has 134 valence electrons. The van der Waals surface area contributed by atoms with E-state index >= 15 is 0 Å². The Bertz CT molecular complexity index is 694. The molecule has 2 aliphatic heterocycles. The van der Waals surface area contributed by atoms with Gasteiger partial charge in [0.15, 0.2) is 0 Å². The standard InChI is InChI=1S/C18H23N3O3S/c22-18(21-6-8-23-9-7-21)14-3-1-5-20(11-14)12-15-13-24-17(19-15)16-4-2-10-25-16/h2,4,10,13-14H,1,3,5-9,11-12H2. The molecule has 4 heterocycles. The third-order valence-corrected chi connectivity index (χ3v) is 5.70. The summed E-state index contributed by atoms with van der Waals surface area (Å²) in [5.74, 6) is 1.06. The quantitative estimate of drug-likeness (QED) is 0.837. The van der Waals surface area contributed by atoms with E-state index in [0.717, 1.165) is 56.1 Å². The first kappa shape index (κ1) is 16.8. The van der Waals surface area contributed by atoms with Crippen molar-refractivity contribution in [3.8, 4) is 10.8 Å². The molecule has 0 radical (unpaired) electrons. The fraction of sp³-hybridized carbons (Fsp3) is 0.556. The van der Waals surface area contributed by atoms with Crippen molar-refractivity contribution in [1.82, 2.24) is 14.8 Å². The number of nitrogens with zero attached hydrogens (tertiary/aromatic N) is 3. The lowest BCUT2D eigenvalue weighted by Crippen LogP contribution is -2.48. The maximum absolute atomic E-state index is 12.7. The van der Waals surface area contributed by atoms with Crippen molar-refractivity contribution in [2.24, 2.45) is 5.92 Å². The minimum atomic E-state index is 0.0931. The van der Waals surface area contributed by atoms with Crippen LogP contribution in [-0.4, -0.2) is 60.1 Å². The van der Waals surface area contributed by atoms with Crippen LogP contribution in [0.1, 0.15) is 18.5 Å². The summed E-state index contributed by atoms with van der Waals surface area (Å²) in [6, 6.07) is 4.01. The van der Waals surface area contributed by atoms with Crippen LogP contribution >= 0.6 is 11.3 Å². The SMILES string of the molecule is O=C(C1CCCN(Cc2coc(-c3cccs3)n2)C1)N1CCOCC1. The predicted molar refractivity (Wildman–Crippen MR) is 95.2 cm³/mol. The topological polar surface area (TPSA) is 58.8 Å². The van der Waals surface area contributed by atoms with E-state index in [1.165, 1.54) is 0 Å². The molecule has 0 saturated carbocycles. The first-order valence-electron chi connectivity index (χ1n) is 8.87. The first-order chi connectivity index (χ1) is 12.3. The molecule has 2 saturated heterocycles. The van der Waals surface area contributed by atoms with Gasteiger partial charge in [-0.2, -0.15) is 0 Å². The Morgan fingerprint density at radius 1 is 1.32 bits per heavy atom. The molecule has 1 amide bonds. The van der Waals surface area contributed by atoms with Crippen LogP contribution in [0.25, 0.3) is 10.8 Å². The van der Waals surface area contributed by atoms with Crippen LogP contribution in [0.15, 0.2) is 28.2 Å². The second-order valence-corrected chi connectivity index (χ2v) is 7.58. The zero-order chi connectivity index (χ0) is 17.1. The minimum absolute atomic E-state index is 0.0931. The monoisotopic (exact) mass is 361 g/mol. The molecular weight excluding hydrogens is 338 g/mol. The summed E-state index contributed by atoms with van der Waals surface area (Å²) >= 11 is 1.63. The zero-order valence-electron chi connectivity index (χ0n) is 14.2. The van der Waals surface area contributed by atoms with Crippen molar-refractivity contribution in [2.45, 2.75) is 19.4 Å². The molecule has 2 aromatic heterocycles. The Balaban J connectivity index is 1.36. The highest BCUT2D eigenvalue weighted by Crippen LogP contribution is 2.25. The number of aromatic nitrogens is 1. The summed E-state index contributed by atoms with van der Waals surface area (Å²) < 4.78 is 11.0. The fourth-order valence-electron chi connectivity index (χ4n) is 3.56. The summed E-state index contributed by atoms with van der Waals surface area (Å²) in [5.41, 5.74) is 0.933. The number of thiophene rings is 1. The normalized spacial score (nSPS) is 22.2. The van der Waals surface area contributed by atoms with Gasteiger partial charge >= 0.3 is 0 Å². The van der Waals surface area contributed by atoms with Gasteiger partial charge in [0, 0.05) is 26.2 Å². The number of oxazole rings is 1. The molecule has 0 N–H and O–H groups in total. The summed E-state index contributed by atoms with van der Waals surface area (Å²) in [6.07, 6.45) is 3.77. The molecule has 2 aromatic rings. The Morgan fingerprint density at radius 2 is 2.20 bits per heavy atom. The van der Waals surface area contributed by atoms with E-state index in [1.54, 1.807) is 17.6 Å². The van der Waals surface area contributed by atoms with Gasteiger partial charge in [-0.15, -0.1) is 11.3 Å². The van der Waals surface area contributed by atoms with E-state index < -0.39 is 0 Å². The maximum Gasteiger partial charge on any atom is 0.236 e. The third-order valence-electron chi connectivity index (χ3n) is 4.85. The molecule has 1 unspecified atom stereocenters. The number of likely N-dealkylation sites (tertiary alicyclic amines) is 1. The van der Waals surface area contributed by atoms with Crippen molar-refractivity contribution >= 4 is 17.2 Å². The lowest BCUT2D eigenvalue weighted by molar-refractivity contribution is -0.141. The van der Waals surface area contributed by atoms with Crippen molar-refractivity contribution < 1.29 is 13.9 Å². The van der Waals surface area contributed by atoms with Crippen molar-refractivity contribution in [3.05, 3.63) is 29.5 Å². The van der Waals surface area contributed by atoms with Gasteiger partial charge in [-0.3, -0.25) is 9.69 Å². The number of hydrogen-bond acceptors (Lipinski definition) is 6. The Hall–Kier alpha value is -1.70. The highest BCUT2D eigenvalue weighted by Gasteiger charge is 2.30. The number of hydrogen-bond donors (Lipinski definition) is 0. The van der Waals surface area contributed by atoms with Crippen LogP contribution in [0.2, 0.25) is 0 Å². The van der Waals surface area contributed by atoms with Crippen LogP contribution < -0.4 is 0 Å². The van der Waals surface area contributed by atoms with Gasteiger partial charge in [-0.1, -0.05) is 6.07 Å². The number of ether oxygens (including phenoxy) is 1. The number of carbonyl (C=O) groups is 1. The highest BCUT2D eigenvalue weighted by atomic mass is 32.1. The lowest BCUT2D eigenvalue weighted by atomic mass is 9.96. The van der Waals surface area contributed by atoms with Gasteiger partial charge < -0.3 is 14.1 Å². The fourth-order valence-corrected chi connectivity index (χ4v) is 4.22. The molecule has 0 bridgehead atoms. The predicted octanol–water partition coefficient (Wildman–Crippen LogP) is 2.47.